The molecule has 0 amide bonds. The van der Waals surface area contributed by atoms with Crippen molar-refractivity contribution in [1.29, 1.82) is 0 Å². The van der Waals surface area contributed by atoms with Crippen LogP contribution in [0.1, 0.15) is 17.3 Å². The first kappa shape index (κ1) is 20.2. The first-order valence-electron chi connectivity index (χ1n) is 7.77. The maximum Gasteiger partial charge on any atom is 0.248 e. The van der Waals surface area contributed by atoms with E-state index in [0.717, 1.165) is 5.56 Å². The molecule has 9 heteroatoms. The minimum atomic E-state index is -3.73. The molecule has 138 valence electrons. The van der Waals surface area contributed by atoms with Crippen LogP contribution in [0.2, 0.25) is 5.15 Å². The van der Waals surface area contributed by atoms with Gasteiger partial charge in [-0.15, -0.1) is 12.4 Å². The van der Waals surface area contributed by atoms with Gasteiger partial charge in [0.15, 0.2) is 0 Å². The normalized spacial score (nSPS) is 19.6. The summed E-state index contributed by atoms with van der Waals surface area (Å²) < 4.78 is 29.6. The van der Waals surface area contributed by atoms with E-state index in [2.05, 4.69) is 10.00 Å². The molecule has 1 atom stereocenters. The molecular formula is C16H22Cl2N4O2S. The van der Waals surface area contributed by atoms with Crippen molar-refractivity contribution in [2.75, 3.05) is 26.7 Å². The molecule has 1 aliphatic rings. The fourth-order valence-electron chi connectivity index (χ4n) is 3.16. The van der Waals surface area contributed by atoms with Gasteiger partial charge in [-0.1, -0.05) is 41.9 Å². The minimum absolute atomic E-state index is 0. The molecule has 2 heterocycles. The number of benzene rings is 1. The number of piperazine rings is 1. The van der Waals surface area contributed by atoms with Crippen LogP contribution in [0.15, 0.2) is 35.2 Å². The first-order valence-corrected chi connectivity index (χ1v) is 9.58. The molecule has 1 aromatic carbocycles. The number of aromatic nitrogens is 2. The number of hydrogen-bond acceptors (Lipinski definition) is 4. The van der Waals surface area contributed by atoms with Gasteiger partial charge in [-0.3, -0.25) is 4.68 Å². The lowest BCUT2D eigenvalue weighted by atomic mass is 10.1. The van der Waals surface area contributed by atoms with Gasteiger partial charge in [0.05, 0.1) is 11.7 Å². The van der Waals surface area contributed by atoms with Crippen LogP contribution in [0, 0.1) is 6.92 Å². The molecule has 0 radical (unpaired) electrons. The Hall–Kier alpha value is -1.12. The number of halogens is 2. The van der Waals surface area contributed by atoms with Crippen LogP contribution < -0.4 is 0 Å². The van der Waals surface area contributed by atoms with Gasteiger partial charge in [-0.05, 0) is 19.5 Å². The molecule has 0 aliphatic carbocycles. The van der Waals surface area contributed by atoms with Crippen molar-refractivity contribution in [2.45, 2.75) is 17.9 Å². The molecule has 0 saturated carbocycles. The first-order chi connectivity index (χ1) is 11.3. The average Bonchev–Trinajstić information content (AvgIpc) is 2.81. The van der Waals surface area contributed by atoms with Crippen LogP contribution in [0.4, 0.5) is 0 Å². The van der Waals surface area contributed by atoms with Crippen LogP contribution in [0.25, 0.3) is 0 Å². The van der Waals surface area contributed by atoms with E-state index in [0.29, 0.717) is 25.3 Å². The summed E-state index contributed by atoms with van der Waals surface area (Å²) in [7, 11) is -0.0839. The Morgan fingerprint density at radius 2 is 1.80 bits per heavy atom. The molecule has 0 N–H and O–H groups in total. The summed E-state index contributed by atoms with van der Waals surface area (Å²) in [6.45, 7) is 3.41. The molecule has 1 saturated heterocycles. The highest BCUT2D eigenvalue weighted by molar-refractivity contribution is 7.89. The molecule has 3 rings (SSSR count). The van der Waals surface area contributed by atoms with Gasteiger partial charge in [-0.2, -0.15) is 9.40 Å². The summed E-state index contributed by atoms with van der Waals surface area (Å²) in [4.78, 5) is 2.25. The van der Waals surface area contributed by atoms with E-state index in [4.69, 9.17) is 11.6 Å². The number of likely N-dealkylation sites (N-methyl/N-ethyl adjacent to an activating group) is 1. The van der Waals surface area contributed by atoms with Crippen LogP contribution in [0.3, 0.4) is 0 Å². The molecule has 1 aliphatic heterocycles. The average molecular weight is 405 g/mol. The van der Waals surface area contributed by atoms with E-state index < -0.39 is 10.0 Å². The summed E-state index contributed by atoms with van der Waals surface area (Å²) in [5.74, 6) is 0. The Balaban J connectivity index is 0.00000225. The van der Waals surface area contributed by atoms with E-state index in [9.17, 15) is 8.42 Å². The zero-order valence-corrected chi connectivity index (χ0v) is 16.8. The maximum atomic E-state index is 13.3. The highest BCUT2D eigenvalue weighted by atomic mass is 35.5. The number of hydrogen-bond donors (Lipinski definition) is 0. The van der Waals surface area contributed by atoms with E-state index in [1.165, 1.54) is 4.68 Å². The third-order valence-corrected chi connectivity index (χ3v) is 6.99. The summed E-state index contributed by atoms with van der Waals surface area (Å²) in [5, 5.41) is 4.30. The molecule has 1 aromatic heterocycles. The lowest BCUT2D eigenvalue weighted by Gasteiger charge is -2.39. The quantitative estimate of drug-likeness (QED) is 0.788. The van der Waals surface area contributed by atoms with Gasteiger partial charge in [-0.25, -0.2) is 8.42 Å². The van der Waals surface area contributed by atoms with Crippen molar-refractivity contribution in [3.05, 3.63) is 46.7 Å². The molecule has 25 heavy (non-hydrogen) atoms. The largest absolute Gasteiger partial charge is 0.303 e. The fourth-order valence-corrected chi connectivity index (χ4v) is 5.46. The van der Waals surface area contributed by atoms with Crippen molar-refractivity contribution < 1.29 is 8.42 Å². The number of nitrogens with zero attached hydrogens (tertiary/aromatic N) is 4. The molecule has 1 unspecified atom stereocenters. The van der Waals surface area contributed by atoms with Crippen molar-refractivity contribution in [3.8, 4) is 0 Å². The molecular weight excluding hydrogens is 383 g/mol. The summed E-state index contributed by atoms with van der Waals surface area (Å²) in [6.07, 6.45) is 0. The summed E-state index contributed by atoms with van der Waals surface area (Å²) in [5.41, 5.74) is 1.40. The van der Waals surface area contributed by atoms with Crippen molar-refractivity contribution in [3.63, 3.8) is 0 Å². The second kappa shape index (κ2) is 7.63. The summed E-state index contributed by atoms with van der Waals surface area (Å²) >= 11 is 6.22. The Bertz CT molecular complexity index is 839. The Labute approximate surface area is 159 Å². The maximum absolute atomic E-state index is 13.3. The molecule has 1 fully saturated rings. The number of sulfonamides is 1. The van der Waals surface area contributed by atoms with E-state index >= 15 is 0 Å². The van der Waals surface area contributed by atoms with Gasteiger partial charge < -0.3 is 4.90 Å². The highest BCUT2D eigenvalue weighted by Crippen LogP contribution is 2.34. The zero-order valence-electron chi connectivity index (χ0n) is 14.4. The van der Waals surface area contributed by atoms with Crippen molar-refractivity contribution >= 4 is 34.0 Å². The van der Waals surface area contributed by atoms with Gasteiger partial charge in [0.2, 0.25) is 10.0 Å². The Morgan fingerprint density at radius 3 is 2.36 bits per heavy atom. The van der Waals surface area contributed by atoms with Crippen molar-refractivity contribution in [2.24, 2.45) is 7.05 Å². The van der Waals surface area contributed by atoms with Gasteiger partial charge >= 0.3 is 0 Å². The molecule has 2 aromatic rings. The monoisotopic (exact) mass is 404 g/mol. The van der Waals surface area contributed by atoms with Crippen molar-refractivity contribution in [1.82, 2.24) is 19.0 Å². The lowest BCUT2D eigenvalue weighted by Crippen LogP contribution is -2.49. The smallest absolute Gasteiger partial charge is 0.248 e. The highest BCUT2D eigenvalue weighted by Gasteiger charge is 2.39. The predicted molar refractivity (Wildman–Crippen MR) is 101 cm³/mol. The SMILES string of the molecule is Cc1nn(C)c(Cl)c1S(=O)(=O)N1CCN(C)CC1c1ccccc1.Cl. The standard InChI is InChI=1S/C16H21ClN4O2S.ClH/c1-12-15(16(17)20(3)18-12)24(22,23)21-10-9-19(2)11-14(21)13-7-5-4-6-8-13;/h4-8,14H,9-11H2,1-3H3;1H. The molecule has 0 spiro atoms. The minimum Gasteiger partial charge on any atom is -0.303 e. The van der Waals surface area contributed by atoms with Crippen LogP contribution in [0.5, 0.6) is 0 Å². The van der Waals surface area contributed by atoms with Gasteiger partial charge in [0.1, 0.15) is 10.0 Å². The predicted octanol–water partition coefficient (Wildman–Crippen LogP) is 2.48. The number of rotatable bonds is 3. The van der Waals surface area contributed by atoms with E-state index in [1.54, 1.807) is 18.3 Å². The van der Waals surface area contributed by atoms with Crippen LogP contribution in [-0.4, -0.2) is 54.1 Å². The summed E-state index contributed by atoms with van der Waals surface area (Å²) in [6, 6.07) is 9.46. The number of aryl methyl sites for hydroxylation is 2. The third kappa shape index (κ3) is 3.71. The Kier molecular flexibility index (Phi) is 6.17. The van der Waals surface area contributed by atoms with Gasteiger partial charge in [0, 0.05) is 26.7 Å². The van der Waals surface area contributed by atoms with Crippen LogP contribution >= 0.6 is 24.0 Å². The Morgan fingerprint density at radius 1 is 1.16 bits per heavy atom. The zero-order chi connectivity index (χ0) is 17.5. The second-order valence-electron chi connectivity index (χ2n) is 6.13. The second-order valence-corrected chi connectivity index (χ2v) is 8.32. The lowest BCUT2D eigenvalue weighted by molar-refractivity contribution is 0.160. The molecule has 0 bridgehead atoms. The van der Waals surface area contributed by atoms with E-state index in [-0.39, 0.29) is 28.5 Å². The molecule has 6 nitrogen and oxygen atoms in total. The van der Waals surface area contributed by atoms with Crippen LogP contribution in [-0.2, 0) is 17.1 Å². The third-order valence-electron chi connectivity index (χ3n) is 4.39. The topological polar surface area (TPSA) is 58.4 Å². The van der Waals surface area contributed by atoms with E-state index in [1.807, 2.05) is 37.4 Å². The fraction of sp³-hybridized carbons (Fsp3) is 0.438. The van der Waals surface area contributed by atoms with Gasteiger partial charge in [0.25, 0.3) is 0 Å².